The van der Waals surface area contributed by atoms with Crippen molar-refractivity contribution in [2.45, 2.75) is 38.3 Å². The fourth-order valence-electron chi connectivity index (χ4n) is 2.31. The van der Waals surface area contributed by atoms with Crippen LogP contribution in [0.15, 0.2) is 16.5 Å². The zero-order chi connectivity index (χ0) is 16.1. The van der Waals surface area contributed by atoms with Crippen molar-refractivity contribution in [3.63, 3.8) is 0 Å². The average Bonchev–Trinajstić information content (AvgIpc) is 3.23. The molecule has 2 unspecified atom stereocenters. The van der Waals surface area contributed by atoms with E-state index < -0.39 is 6.16 Å². The van der Waals surface area contributed by atoms with Crippen molar-refractivity contribution >= 4 is 12.1 Å². The number of cyclic esters (lactones) is 3. The maximum absolute atomic E-state index is 11.0. The van der Waals surface area contributed by atoms with E-state index >= 15 is 0 Å². The third-order valence-electron chi connectivity index (χ3n) is 3.43. The van der Waals surface area contributed by atoms with Crippen LogP contribution in [0.5, 0.6) is 0 Å². The Morgan fingerprint density at radius 3 is 2.26 bits per heavy atom. The zero-order valence-corrected chi connectivity index (χ0v) is 12.5. The lowest BCUT2D eigenvalue weighted by Gasteiger charge is -2.08. The summed E-state index contributed by atoms with van der Waals surface area (Å²) in [4.78, 5) is 21.7. The van der Waals surface area contributed by atoms with Gasteiger partial charge < -0.3 is 28.1 Å². The number of carbonyl (C=O) groups excluding carboxylic acids is 2. The van der Waals surface area contributed by atoms with Gasteiger partial charge in [0.1, 0.15) is 37.4 Å². The van der Waals surface area contributed by atoms with Gasteiger partial charge in [0.15, 0.2) is 6.10 Å². The SMILES string of the molecule is O=C1CCC(COCc2ccc(COCC3COC(=O)O3)o2)O1. The first-order valence-electron chi connectivity index (χ1n) is 7.45. The van der Waals surface area contributed by atoms with Crippen molar-refractivity contribution in [2.24, 2.45) is 0 Å². The van der Waals surface area contributed by atoms with Crippen LogP contribution in [0.25, 0.3) is 0 Å². The monoisotopic (exact) mass is 326 g/mol. The smallest absolute Gasteiger partial charge is 0.461 e. The maximum Gasteiger partial charge on any atom is 0.508 e. The fraction of sp³-hybridized carbons (Fsp3) is 0.600. The Morgan fingerprint density at radius 1 is 1.00 bits per heavy atom. The molecule has 2 fully saturated rings. The quantitative estimate of drug-likeness (QED) is 0.664. The van der Waals surface area contributed by atoms with Crippen LogP contribution in [0.2, 0.25) is 0 Å². The van der Waals surface area contributed by atoms with E-state index in [0.29, 0.717) is 37.6 Å². The minimum atomic E-state index is -0.663. The molecule has 0 radical (unpaired) electrons. The first-order chi connectivity index (χ1) is 11.2. The second-order valence-corrected chi connectivity index (χ2v) is 5.35. The van der Waals surface area contributed by atoms with Gasteiger partial charge in [-0.3, -0.25) is 4.79 Å². The van der Waals surface area contributed by atoms with Gasteiger partial charge in [0.25, 0.3) is 0 Å². The molecular weight excluding hydrogens is 308 g/mol. The van der Waals surface area contributed by atoms with E-state index in [0.717, 1.165) is 0 Å². The molecule has 2 aliphatic heterocycles. The van der Waals surface area contributed by atoms with E-state index in [9.17, 15) is 9.59 Å². The lowest BCUT2D eigenvalue weighted by atomic mass is 10.2. The van der Waals surface area contributed by atoms with Crippen molar-refractivity contribution in [3.05, 3.63) is 23.7 Å². The van der Waals surface area contributed by atoms with E-state index in [1.54, 1.807) is 12.1 Å². The lowest BCUT2D eigenvalue weighted by molar-refractivity contribution is -0.143. The highest BCUT2D eigenvalue weighted by Crippen LogP contribution is 2.16. The first kappa shape index (κ1) is 15.8. The molecule has 2 saturated heterocycles. The molecule has 23 heavy (non-hydrogen) atoms. The highest BCUT2D eigenvalue weighted by atomic mass is 16.8. The van der Waals surface area contributed by atoms with Gasteiger partial charge in [-0.05, 0) is 18.6 Å². The minimum absolute atomic E-state index is 0.156. The summed E-state index contributed by atoms with van der Waals surface area (Å²) < 4.78 is 31.0. The lowest BCUT2D eigenvalue weighted by Crippen LogP contribution is -2.17. The summed E-state index contributed by atoms with van der Waals surface area (Å²) in [6, 6.07) is 3.60. The highest BCUT2D eigenvalue weighted by molar-refractivity contribution is 5.71. The topological polar surface area (TPSA) is 93.4 Å². The van der Waals surface area contributed by atoms with Gasteiger partial charge in [0.2, 0.25) is 0 Å². The van der Waals surface area contributed by atoms with Crippen LogP contribution >= 0.6 is 0 Å². The van der Waals surface area contributed by atoms with Crippen molar-refractivity contribution < 1.29 is 37.7 Å². The van der Waals surface area contributed by atoms with Gasteiger partial charge in [-0.1, -0.05) is 0 Å². The fourth-order valence-corrected chi connectivity index (χ4v) is 2.31. The number of rotatable bonds is 8. The molecule has 8 nitrogen and oxygen atoms in total. The molecular formula is C15H18O8. The number of furan rings is 1. The second-order valence-electron chi connectivity index (χ2n) is 5.35. The Kier molecular flexibility index (Phi) is 5.14. The summed E-state index contributed by atoms with van der Waals surface area (Å²) in [6.07, 6.45) is -0.0293. The van der Waals surface area contributed by atoms with Gasteiger partial charge in [-0.25, -0.2) is 4.79 Å². The molecule has 1 aromatic heterocycles. The van der Waals surface area contributed by atoms with E-state index in [1.165, 1.54) is 0 Å². The number of hydrogen-bond acceptors (Lipinski definition) is 8. The molecule has 0 spiro atoms. The van der Waals surface area contributed by atoms with Gasteiger partial charge in [-0.2, -0.15) is 0 Å². The maximum atomic E-state index is 11.0. The van der Waals surface area contributed by atoms with E-state index in [-0.39, 0.29) is 38.0 Å². The molecule has 3 heterocycles. The molecule has 8 heteroatoms. The molecule has 0 saturated carbocycles. The molecule has 0 aliphatic carbocycles. The summed E-state index contributed by atoms with van der Waals surface area (Å²) in [5.74, 6) is 1.15. The standard InChI is InChI=1S/C15H18O8/c16-14-4-3-12(22-14)7-18-5-10-1-2-11(21-10)6-19-8-13-9-20-15(17)23-13/h1-2,12-13H,3-9H2. The summed E-state index contributed by atoms with van der Waals surface area (Å²) >= 11 is 0. The molecule has 2 aliphatic rings. The Bertz CT molecular complexity index is 505. The third-order valence-corrected chi connectivity index (χ3v) is 3.43. The largest absolute Gasteiger partial charge is 0.508 e. The number of hydrogen-bond donors (Lipinski definition) is 0. The molecule has 2 atom stereocenters. The number of esters is 1. The molecule has 0 N–H and O–H groups in total. The molecule has 1 aromatic rings. The molecule has 0 aromatic carbocycles. The van der Waals surface area contributed by atoms with Crippen molar-refractivity contribution in [2.75, 3.05) is 19.8 Å². The second kappa shape index (κ2) is 7.47. The summed E-state index contributed by atoms with van der Waals surface area (Å²) in [6.45, 7) is 1.41. The van der Waals surface area contributed by atoms with Gasteiger partial charge in [0.05, 0.1) is 13.2 Å². The summed E-state index contributed by atoms with van der Waals surface area (Å²) in [7, 11) is 0. The van der Waals surface area contributed by atoms with E-state index in [4.69, 9.17) is 23.4 Å². The van der Waals surface area contributed by atoms with Crippen LogP contribution in [0, 0.1) is 0 Å². The minimum Gasteiger partial charge on any atom is -0.461 e. The van der Waals surface area contributed by atoms with E-state index in [1.807, 2.05) is 0 Å². The number of ether oxygens (including phenoxy) is 5. The summed E-state index contributed by atoms with van der Waals surface area (Å²) in [5.41, 5.74) is 0. The predicted octanol–water partition coefficient (Wildman–Crippen LogP) is 1.55. The van der Waals surface area contributed by atoms with Gasteiger partial charge in [0, 0.05) is 6.42 Å². The highest BCUT2D eigenvalue weighted by Gasteiger charge is 2.25. The zero-order valence-electron chi connectivity index (χ0n) is 12.5. The van der Waals surface area contributed by atoms with Crippen LogP contribution in [0.3, 0.4) is 0 Å². The average molecular weight is 326 g/mol. The van der Waals surface area contributed by atoms with E-state index in [2.05, 4.69) is 4.74 Å². The first-order valence-corrected chi connectivity index (χ1v) is 7.45. The van der Waals surface area contributed by atoms with Gasteiger partial charge >= 0.3 is 12.1 Å². The molecule has 0 bridgehead atoms. The molecule has 0 amide bonds. The Hall–Kier alpha value is -2.06. The van der Waals surface area contributed by atoms with Crippen molar-refractivity contribution in [1.82, 2.24) is 0 Å². The molecule has 126 valence electrons. The van der Waals surface area contributed by atoms with Crippen LogP contribution in [0.1, 0.15) is 24.4 Å². The van der Waals surface area contributed by atoms with Crippen LogP contribution in [-0.2, 0) is 41.7 Å². The Balaban J connectivity index is 1.31. The summed E-state index contributed by atoms with van der Waals surface area (Å²) in [5, 5.41) is 0. The number of carbonyl (C=O) groups is 2. The normalized spacial score (nSPS) is 23.7. The van der Waals surface area contributed by atoms with Crippen LogP contribution in [-0.4, -0.2) is 44.2 Å². The Morgan fingerprint density at radius 2 is 1.70 bits per heavy atom. The van der Waals surface area contributed by atoms with Crippen LogP contribution in [0.4, 0.5) is 4.79 Å². The van der Waals surface area contributed by atoms with Gasteiger partial charge in [-0.15, -0.1) is 0 Å². The predicted molar refractivity (Wildman–Crippen MR) is 73.4 cm³/mol. The Labute approximate surface area is 132 Å². The molecule has 3 rings (SSSR count). The van der Waals surface area contributed by atoms with Crippen molar-refractivity contribution in [3.8, 4) is 0 Å². The van der Waals surface area contributed by atoms with Crippen LogP contribution < -0.4 is 0 Å². The van der Waals surface area contributed by atoms with Crippen molar-refractivity contribution in [1.29, 1.82) is 0 Å². The third kappa shape index (κ3) is 4.70.